The number of nitrogens with one attached hydrogen (secondary N) is 2. The fraction of sp³-hybridized carbons (Fsp3) is 0.318. The zero-order valence-electron chi connectivity index (χ0n) is 17.1. The van der Waals surface area contributed by atoms with Gasteiger partial charge in [-0.2, -0.15) is 5.10 Å². The summed E-state index contributed by atoms with van der Waals surface area (Å²) < 4.78 is 5.53. The van der Waals surface area contributed by atoms with Crippen molar-refractivity contribution in [1.29, 1.82) is 0 Å². The van der Waals surface area contributed by atoms with Crippen molar-refractivity contribution in [3.05, 3.63) is 63.6 Å². The lowest BCUT2D eigenvalue weighted by Gasteiger charge is -2.20. The topological polar surface area (TPSA) is 79.8 Å². The van der Waals surface area contributed by atoms with Gasteiger partial charge in [-0.1, -0.05) is 44.0 Å². The molecule has 30 heavy (non-hydrogen) atoms. The number of benzene rings is 2. The Balaban J connectivity index is 1.98. The summed E-state index contributed by atoms with van der Waals surface area (Å²) in [5.41, 5.74) is 3.52. The predicted molar refractivity (Wildman–Crippen MR) is 121 cm³/mol. The molecule has 2 aromatic rings. The lowest BCUT2D eigenvalue weighted by atomic mass is 10.0. The molecule has 1 atom stereocenters. The molecule has 0 heterocycles. The number of carbonyl (C=O) groups is 2. The highest BCUT2D eigenvalue weighted by Crippen LogP contribution is 2.21. The Kier molecular flexibility index (Phi) is 9.15. The summed E-state index contributed by atoms with van der Waals surface area (Å²) >= 11 is 11.9. The number of hydrogen-bond acceptors (Lipinski definition) is 4. The Morgan fingerprint density at radius 3 is 2.43 bits per heavy atom. The number of nitrogens with zero attached hydrogens (tertiary/aromatic N) is 1. The molecule has 160 valence electrons. The van der Waals surface area contributed by atoms with E-state index in [0.717, 1.165) is 17.7 Å². The van der Waals surface area contributed by atoms with E-state index in [1.807, 2.05) is 45.0 Å². The van der Waals surface area contributed by atoms with Gasteiger partial charge in [0.25, 0.3) is 11.8 Å². The summed E-state index contributed by atoms with van der Waals surface area (Å²) in [6.45, 7) is 6.35. The summed E-state index contributed by atoms with van der Waals surface area (Å²) in [4.78, 5) is 25.1. The molecule has 0 saturated carbocycles. The largest absolute Gasteiger partial charge is 0.494 e. The molecule has 0 radical (unpaired) electrons. The third-order valence-corrected chi connectivity index (χ3v) is 4.70. The Morgan fingerprint density at radius 2 is 1.83 bits per heavy atom. The molecular formula is C22H25Cl2N3O3. The van der Waals surface area contributed by atoms with Crippen LogP contribution in [0.5, 0.6) is 5.75 Å². The third-order valence-electron chi connectivity index (χ3n) is 4.15. The minimum absolute atomic E-state index is 0.162. The summed E-state index contributed by atoms with van der Waals surface area (Å²) in [5, 5.41) is 7.33. The van der Waals surface area contributed by atoms with Gasteiger partial charge in [-0.3, -0.25) is 9.59 Å². The maximum atomic E-state index is 12.5. The van der Waals surface area contributed by atoms with Crippen molar-refractivity contribution >= 4 is 41.2 Å². The molecule has 0 aliphatic carbocycles. The van der Waals surface area contributed by atoms with Crippen LogP contribution in [0.15, 0.2) is 47.6 Å². The highest BCUT2D eigenvalue weighted by molar-refractivity contribution is 6.36. The van der Waals surface area contributed by atoms with E-state index < -0.39 is 17.9 Å². The number of hydrazone groups is 1. The fourth-order valence-corrected chi connectivity index (χ4v) is 3.03. The highest BCUT2D eigenvalue weighted by atomic mass is 35.5. The average Bonchev–Trinajstić information content (AvgIpc) is 2.70. The minimum atomic E-state index is -0.786. The van der Waals surface area contributed by atoms with Crippen LogP contribution in [0.25, 0.3) is 0 Å². The molecule has 8 heteroatoms. The maximum Gasteiger partial charge on any atom is 0.262 e. The second-order valence-corrected chi connectivity index (χ2v) is 7.81. The second kappa shape index (κ2) is 11.6. The van der Waals surface area contributed by atoms with E-state index in [4.69, 9.17) is 27.9 Å². The first-order valence-electron chi connectivity index (χ1n) is 9.63. The molecule has 2 amide bonds. The van der Waals surface area contributed by atoms with Gasteiger partial charge in [-0.25, -0.2) is 5.43 Å². The average molecular weight is 450 g/mol. The van der Waals surface area contributed by atoms with E-state index in [1.54, 1.807) is 6.07 Å². The van der Waals surface area contributed by atoms with Gasteiger partial charge < -0.3 is 10.1 Å². The minimum Gasteiger partial charge on any atom is -0.494 e. The Labute approximate surface area is 186 Å². The van der Waals surface area contributed by atoms with Crippen LogP contribution in [-0.4, -0.2) is 30.7 Å². The van der Waals surface area contributed by atoms with E-state index in [0.29, 0.717) is 11.6 Å². The van der Waals surface area contributed by atoms with Gasteiger partial charge in [-0.15, -0.1) is 0 Å². The summed E-state index contributed by atoms with van der Waals surface area (Å²) in [6.07, 6.45) is 2.46. The predicted octanol–water partition coefficient (Wildman–Crippen LogP) is 4.69. The SMILES string of the molecule is CCCOc1ccc(C=NNC(=O)C(NC(=O)c2ccc(Cl)cc2Cl)C(C)C)cc1. The van der Waals surface area contributed by atoms with E-state index in [1.165, 1.54) is 18.3 Å². The van der Waals surface area contributed by atoms with Crippen molar-refractivity contribution in [1.82, 2.24) is 10.7 Å². The molecule has 1 unspecified atom stereocenters. The van der Waals surface area contributed by atoms with Crippen LogP contribution in [-0.2, 0) is 4.79 Å². The normalized spacial score (nSPS) is 12.1. The van der Waals surface area contributed by atoms with Crippen molar-refractivity contribution < 1.29 is 14.3 Å². The third kappa shape index (κ3) is 7.04. The lowest BCUT2D eigenvalue weighted by Crippen LogP contribution is -2.48. The van der Waals surface area contributed by atoms with Crippen molar-refractivity contribution in [2.75, 3.05) is 6.61 Å². The van der Waals surface area contributed by atoms with Crippen LogP contribution >= 0.6 is 23.2 Å². The highest BCUT2D eigenvalue weighted by Gasteiger charge is 2.25. The first-order valence-corrected chi connectivity index (χ1v) is 10.4. The van der Waals surface area contributed by atoms with Crippen molar-refractivity contribution in [3.8, 4) is 5.75 Å². The molecule has 6 nitrogen and oxygen atoms in total. The second-order valence-electron chi connectivity index (χ2n) is 6.97. The number of rotatable bonds is 9. The Bertz CT molecular complexity index is 899. The molecule has 0 fully saturated rings. The summed E-state index contributed by atoms with van der Waals surface area (Å²) in [6, 6.07) is 11.1. The van der Waals surface area contributed by atoms with Gasteiger partial charge in [0.1, 0.15) is 11.8 Å². The molecule has 0 bridgehead atoms. The summed E-state index contributed by atoms with van der Waals surface area (Å²) in [7, 11) is 0. The van der Waals surface area contributed by atoms with Crippen LogP contribution in [0.4, 0.5) is 0 Å². The molecule has 0 aliphatic rings. The molecule has 0 aromatic heterocycles. The molecule has 2 rings (SSSR count). The Morgan fingerprint density at radius 1 is 1.13 bits per heavy atom. The van der Waals surface area contributed by atoms with Crippen molar-refractivity contribution in [2.24, 2.45) is 11.0 Å². The van der Waals surface area contributed by atoms with Crippen LogP contribution < -0.4 is 15.5 Å². The number of ether oxygens (including phenoxy) is 1. The quantitative estimate of drug-likeness (QED) is 0.430. The monoisotopic (exact) mass is 449 g/mol. The van der Waals surface area contributed by atoms with Crippen LogP contribution in [0.3, 0.4) is 0 Å². The summed E-state index contributed by atoms with van der Waals surface area (Å²) in [5.74, 6) is -0.272. The standard InChI is InChI=1S/C22H25Cl2N3O3/c1-4-11-30-17-8-5-15(6-9-17)13-25-27-22(29)20(14(2)3)26-21(28)18-10-7-16(23)12-19(18)24/h5-10,12-14,20H,4,11H2,1-3H3,(H,26,28)(H,27,29). The van der Waals surface area contributed by atoms with E-state index in [9.17, 15) is 9.59 Å². The van der Waals surface area contributed by atoms with E-state index in [2.05, 4.69) is 15.8 Å². The lowest BCUT2D eigenvalue weighted by molar-refractivity contribution is -0.123. The van der Waals surface area contributed by atoms with Crippen LogP contribution in [0, 0.1) is 5.92 Å². The Hall–Kier alpha value is -2.57. The first-order chi connectivity index (χ1) is 14.3. The number of carbonyl (C=O) groups excluding carboxylic acids is 2. The number of hydrogen-bond donors (Lipinski definition) is 2. The van der Waals surface area contributed by atoms with Gasteiger partial charge in [-0.05, 0) is 60.4 Å². The molecule has 0 saturated heterocycles. The van der Waals surface area contributed by atoms with Crippen LogP contribution in [0.2, 0.25) is 10.0 Å². The van der Waals surface area contributed by atoms with Gasteiger partial charge in [0.05, 0.1) is 23.4 Å². The molecule has 2 N–H and O–H groups in total. The molecule has 2 aromatic carbocycles. The first kappa shape index (κ1) is 23.7. The molecule has 0 spiro atoms. The zero-order valence-corrected chi connectivity index (χ0v) is 18.6. The number of amides is 2. The van der Waals surface area contributed by atoms with Gasteiger partial charge in [0, 0.05) is 5.02 Å². The van der Waals surface area contributed by atoms with Gasteiger partial charge >= 0.3 is 0 Å². The van der Waals surface area contributed by atoms with Gasteiger partial charge in [0.2, 0.25) is 0 Å². The van der Waals surface area contributed by atoms with Crippen molar-refractivity contribution in [2.45, 2.75) is 33.2 Å². The molecular weight excluding hydrogens is 425 g/mol. The molecule has 0 aliphatic heterocycles. The van der Waals surface area contributed by atoms with Crippen molar-refractivity contribution in [3.63, 3.8) is 0 Å². The smallest absolute Gasteiger partial charge is 0.262 e. The number of halogens is 2. The van der Waals surface area contributed by atoms with Gasteiger partial charge in [0.15, 0.2) is 0 Å². The zero-order chi connectivity index (χ0) is 22.1. The van der Waals surface area contributed by atoms with Crippen LogP contribution in [0.1, 0.15) is 43.1 Å². The van der Waals surface area contributed by atoms with E-state index in [-0.39, 0.29) is 16.5 Å². The fourth-order valence-electron chi connectivity index (χ4n) is 2.54. The maximum absolute atomic E-state index is 12.5. The van der Waals surface area contributed by atoms with E-state index >= 15 is 0 Å².